The highest BCUT2D eigenvalue weighted by Crippen LogP contribution is 2.42. The zero-order valence-electron chi connectivity index (χ0n) is 22.2. The van der Waals surface area contributed by atoms with Gasteiger partial charge >= 0.3 is 0 Å². The molecule has 0 radical (unpaired) electrons. The van der Waals surface area contributed by atoms with Crippen molar-refractivity contribution in [2.45, 2.75) is 56.2 Å². The van der Waals surface area contributed by atoms with Crippen LogP contribution in [0.3, 0.4) is 0 Å². The van der Waals surface area contributed by atoms with Gasteiger partial charge in [0.1, 0.15) is 18.0 Å². The second-order valence-corrected chi connectivity index (χ2v) is 10.8. The highest BCUT2D eigenvalue weighted by atomic mass is 19.3. The molecule has 41 heavy (non-hydrogen) atoms. The van der Waals surface area contributed by atoms with Crippen LogP contribution in [-0.2, 0) is 14.4 Å². The van der Waals surface area contributed by atoms with Crippen LogP contribution in [0.4, 0.5) is 22.0 Å². The summed E-state index contributed by atoms with van der Waals surface area (Å²) in [6.07, 6.45) is -5.74. The van der Waals surface area contributed by atoms with E-state index in [2.05, 4.69) is 5.32 Å². The van der Waals surface area contributed by atoms with Crippen LogP contribution in [-0.4, -0.2) is 90.1 Å². The molecule has 3 amide bonds. The molecule has 0 bridgehead atoms. The number of benzene rings is 2. The van der Waals surface area contributed by atoms with Crippen LogP contribution < -0.4 is 5.32 Å². The van der Waals surface area contributed by atoms with Crippen molar-refractivity contribution >= 4 is 17.7 Å². The number of hydrogen-bond donors (Lipinski definition) is 1. The predicted octanol–water partition coefficient (Wildman–Crippen LogP) is 3.55. The summed E-state index contributed by atoms with van der Waals surface area (Å²) in [7, 11) is 0. The molecule has 2 aromatic carbocycles. The molecule has 3 aliphatic rings. The van der Waals surface area contributed by atoms with Crippen molar-refractivity contribution in [3.63, 3.8) is 0 Å². The maximum absolute atomic E-state index is 14.9. The van der Waals surface area contributed by atoms with Gasteiger partial charge < -0.3 is 15.1 Å². The summed E-state index contributed by atoms with van der Waals surface area (Å²) in [5, 5.41) is 2.86. The largest absolute Gasteiger partial charge is 0.343 e. The van der Waals surface area contributed by atoms with Gasteiger partial charge in [-0.3, -0.25) is 19.3 Å². The van der Waals surface area contributed by atoms with E-state index in [-0.39, 0.29) is 37.8 Å². The Morgan fingerprint density at radius 1 is 1.00 bits per heavy atom. The van der Waals surface area contributed by atoms with E-state index in [0.29, 0.717) is 21.6 Å². The molecule has 12 heteroatoms. The average molecular weight is 579 g/mol. The number of halogens is 5. The first-order valence-corrected chi connectivity index (χ1v) is 13.6. The Labute approximate surface area is 234 Å². The second-order valence-electron chi connectivity index (χ2n) is 10.8. The van der Waals surface area contributed by atoms with Gasteiger partial charge in [0.25, 0.3) is 6.43 Å². The molecule has 4 unspecified atom stereocenters. The fourth-order valence-electron chi connectivity index (χ4n) is 5.52. The Kier molecular flexibility index (Phi) is 8.58. The van der Waals surface area contributed by atoms with E-state index in [1.807, 2.05) is 0 Å². The zero-order chi connectivity index (χ0) is 29.3. The fraction of sp³-hybridized carbons (Fsp3) is 0.483. The third kappa shape index (κ3) is 6.52. The number of carbonyl (C=O) groups excluding carboxylic acids is 3. The number of hydrogen-bond acceptors (Lipinski definition) is 4. The summed E-state index contributed by atoms with van der Waals surface area (Å²) in [6.45, 7) is -1.84. The van der Waals surface area contributed by atoms with Gasteiger partial charge in [0, 0.05) is 19.5 Å². The van der Waals surface area contributed by atoms with E-state index in [1.54, 1.807) is 42.5 Å². The molecule has 1 aliphatic carbocycles. The van der Waals surface area contributed by atoms with E-state index in [9.17, 15) is 36.3 Å². The summed E-state index contributed by atoms with van der Waals surface area (Å²) in [6, 6.07) is 11.8. The number of amides is 3. The molecule has 7 nitrogen and oxygen atoms in total. The van der Waals surface area contributed by atoms with Crippen molar-refractivity contribution in [1.82, 2.24) is 20.0 Å². The summed E-state index contributed by atoms with van der Waals surface area (Å²) in [5.41, 5.74) is 1.80. The van der Waals surface area contributed by atoms with Crippen LogP contribution in [0.5, 0.6) is 0 Å². The van der Waals surface area contributed by atoms with Crippen molar-refractivity contribution in [1.29, 1.82) is 0 Å². The van der Waals surface area contributed by atoms with Crippen LogP contribution >= 0.6 is 0 Å². The normalized spacial score (nSPS) is 23.1. The lowest BCUT2D eigenvalue weighted by atomic mass is 9.96. The monoisotopic (exact) mass is 578 g/mol. The molecule has 1 saturated carbocycles. The molecule has 4 atom stereocenters. The summed E-state index contributed by atoms with van der Waals surface area (Å²) < 4.78 is 68.5. The first-order valence-electron chi connectivity index (χ1n) is 13.6. The molecule has 2 aromatic rings. The van der Waals surface area contributed by atoms with Crippen LogP contribution in [0, 0.1) is 5.82 Å². The molecule has 220 valence electrons. The van der Waals surface area contributed by atoms with Crippen LogP contribution in [0.1, 0.15) is 47.9 Å². The average Bonchev–Trinajstić information content (AvgIpc) is 3.72. The quantitative estimate of drug-likeness (QED) is 0.365. The van der Waals surface area contributed by atoms with Crippen molar-refractivity contribution in [2.75, 3.05) is 32.7 Å². The van der Waals surface area contributed by atoms with Gasteiger partial charge in [-0.2, -0.15) is 0 Å². The number of nitrogens with one attached hydrogen (secondary N) is 1. The van der Waals surface area contributed by atoms with Crippen LogP contribution in [0.25, 0.3) is 0 Å². The van der Waals surface area contributed by atoms with Crippen molar-refractivity contribution in [3.8, 4) is 0 Å². The minimum Gasteiger partial charge on any atom is -0.343 e. The maximum atomic E-state index is 14.9. The van der Waals surface area contributed by atoms with Gasteiger partial charge in [0.2, 0.25) is 24.0 Å². The zero-order valence-corrected chi connectivity index (χ0v) is 22.2. The Morgan fingerprint density at radius 3 is 2.37 bits per heavy atom. The van der Waals surface area contributed by atoms with E-state index >= 15 is 0 Å². The lowest BCUT2D eigenvalue weighted by molar-refractivity contribution is -0.149. The topological polar surface area (TPSA) is 73.0 Å². The Balaban J connectivity index is 1.29. The summed E-state index contributed by atoms with van der Waals surface area (Å²) >= 11 is 0. The van der Waals surface area contributed by atoms with Gasteiger partial charge in [-0.25, -0.2) is 22.0 Å². The standard InChI is InChI=1S/C29H31F5N4O3/c30-20-13-23(38(14-20)25(40)16-36-10-11-37(15-24(36)39)28(34)27(32)33)29(41)35-26(18-4-2-1-3-5-18)19-8-9-21(17-6-7-17)22(31)12-19/h1-5,8-9,12,17,20,23,26-28H,6-7,10-11,13-16H2,(H,35,41). The second kappa shape index (κ2) is 12.1. The fourth-order valence-corrected chi connectivity index (χ4v) is 5.52. The van der Waals surface area contributed by atoms with Crippen molar-refractivity contribution in [3.05, 3.63) is 71.0 Å². The number of piperazine rings is 1. The van der Waals surface area contributed by atoms with E-state index in [1.165, 1.54) is 6.07 Å². The lowest BCUT2D eigenvalue weighted by Gasteiger charge is -2.36. The first-order chi connectivity index (χ1) is 19.6. The third-order valence-corrected chi connectivity index (χ3v) is 7.90. The van der Waals surface area contributed by atoms with Crippen LogP contribution in [0.2, 0.25) is 0 Å². The first kappa shape index (κ1) is 29.0. The lowest BCUT2D eigenvalue weighted by Crippen LogP contribution is -2.57. The highest BCUT2D eigenvalue weighted by Gasteiger charge is 2.42. The van der Waals surface area contributed by atoms with E-state index < -0.39 is 61.8 Å². The molecule has 2 aliphatic heterocycles. The van der Waals surface area contributed by atoms with E-state index in [4.69, 9.17) is 0 Å². The highest BCUT2D eigenvalue weighted by molar-refractivity contribution is 5.91. The Hall–Kier alpha value is -3.54. The van der Waals surface area contributed by atoms with Gasteiger partial charge in [-0.05, 0) is 41.5 Å². The minimum atomic E-state index is -3.27. The smallest absolute Gasteiger partial charge is 0.282 e. The number of carbonyl (C=O) groups is 3. The summed E-state index contributed by atoms with van der Waals surface area (Å²) in [4.78, 5) is 41.9. The molecule has 0 spiro atoms. The molecule has 5 rings (SSSR count). The van der Waals surface area contributed by atoms with E-state index in [0.717, 1.165) is 22.6 Å². The SMILES string of the molecule is O=C(NC(c1ccccc1)c1ccc(C2CC2)c(F)c1)C1CC(F)CN1C(=O)CN1CCN(C(F)C(F)F)CC1=O. The summed E-state index contributed by atoms with van der Waals surface area (Å²) in [5.74, 6) is -2.20. The van der Waals surface area contributed by atoms with Crippen LogP contribution in [0.15, 0.2) is 48.5 Å². The predicted molar refractivity (Wildman–Crippen MR) is 139 cm³/mol. The molecule has 1 N–H and O–H groups in total. The molecule has 2 saturated heterocycles. The minimum absolute atomic E-state index is 0.167. The molecule has 2 heterocycles. The molecular formula is C29H31F5N4O3. The molecule has 3 fully saturated rings. The Morgan fingerprint density at radius 2 is 1.73 bits per heavy atom. The molecular weight excluding hydrogens is 547 g/mol. The van der Waals surface area contributed by atoms with Crippen molar-refractivity contribution in [2.24, 2.45) is 0 Å². The Bertz CT molecular complexity index is 1280. The number of rotatable bonds is 9. The van der Waals surface area contributed by atoms with Gasteiger partial charge in [-0.1, -0.05) is 42.5 Å². The maximum Gasteiger partial charge on any atom is 0.282 e. The van der Waals surface area contributed by atoms with Crippen molar-refractivity contribution < 1.29 is 36.3 Å². The number of nitrogens with zero attached hydrogens (tertiary/aromatic N) is 3. The number of likely N-dealkylation sites (tertiary alicyclic amines) is 1. The van der Waals surface area contributed by atoms with Gasteiger partial charge in [-0.15, -0.1) is 0 Å². The number of alkyl halides is 4. The van der Waals surface area contributed by atoms with Gasteiger partial charge in [0.15, 0.2) is 0 Å². The molecule has 0 aromatic heterocycles. The van der Waals surface area contributed by atoms with Gasteiger partial charge in [0.05, 0.1) is 25.7 Å². The third-order valence-electron chi connectivity index (χ3n) is 7.90.